The number of nitrogens with zero attached hydrogens (tertiary/aromatic N) is 6. The van der Waals surface area contributed by atoms with E-state index in [1.165, 1.54) is 34.3 Å². The molecular weight excluding hydrogens is 517 g/mol. The molecule has 0 N–H and O–H groups in total. The van der Waals surface area contributed by atoms with Crippen LogP contribution < -0.4 is 4.90 Å². The van der Waals surface area contributed by atoms with Gasteiger partial charge in [0.2, 0.25) is 5.91 Å². The number of halogens is 3. The zero-order valence-electron chi connectivity index (χ0n) is 21.8. The van der Waals surface area contributed by atoms with Gasteiger partial charge in [-0.2, -0.15) is 18.3 Å². The van der Waals surface area contributed by atoms with Crippen LogP contribution in [0.15, 0.2) is 35.7 Å². The first kappa shape index (κ1) is 27.6. The first-order chi connectivity index (χ1) is 18.0. The van der Waals surface area contributed by atoms with Crippen molar-refractivity contribution >= 4 is 28.3 Å². The number of anilines is 1. The monoisotopic (exact) mass is 548 g/mol. The van der Waals surface area contributed by atoms with Crippen LogP contribution in [0.25, 0.3) is 0 Å². The summed E-state index contributed by atoms with van der Waals surface area (Å²) in [6, 6.07) is 9.17. The normalized spacial score (nSPS) is 15.2. The van der Waals surface area contributed by atoms with Gasteiger partial charge in [-0.05, 0) is 43.4 Å². The highest BCUT2D eigenvalue weighted by molar-refractivity contribution is 7.13. The van der Waals surface area contributed by atoms with Crippen molar-refractivity contribution in [1.29, 1.82) is 0 Å². The van der Waals surface area contributed by atoms with Crippen LogP contribution in [-0.2, 0) is 23.9 Å². The molecule has 8 nitrogen and oxygen atoms in total. The van der Waals surface area contributed by atoms with Crippen LogP contribution >= 0.6 is 11.3 Å². The molecule has 1 aliphatic carbocycles. The average molecular weight is 549 g/mol. The highest BCUT2D eigenvalue weighted by atomic mass is 32.1. The molecule has 0 saturated carbocycles. The Labute approximate surface area is 223 Å². The van der Waals surface area contributed by atoms with Crippen LogP contribution in [0.5, 0.6) is 0 Å². The standard InChI is InChI=1S/C26H31F3N6O2S/c1-17-14-22(26(27,28)29)31-35(17)15-23(36)32(2)12-13-33(3)25-30-20(16-38-25)24(37)34(4)21-11-7-9-18-8-5-6-10-19(18)21/h5-6,8,10,14,16,21H,7,9,11-13,15H2,1-4H3/t21-/m1/s1. The average Bonchev–Trinajstić information content (AvgIpc) is 3.53. The van der Waals surface area contributed by atoms with Gasteiger partial charge in [-0.25, -0.2) is 4.98 Å². The Balaban J connectivity index is 1.33. The molecular formula is C26H31F3N6O2S. The quantitative estimate of drug-likeness (QED) is 0.417. The third kappa shape index (κ3) is 6.01. The van der Waals surface area contributed by atoms with Crippen molar-refractivity contribution in [2.45, 2.75) is 44.9 Å². The lowest BCUT2D eigenvalue weighted by Crippen LogP contribution is -2.37. The summed E-state index contributed by atoms with van der Waals surface area (Å²) in [5.41, 5.74) is 2.09. The summed E-state index contributed by atoms with van der Waals surface area (Å²) in [5.74, 6) is -0.495. The molecule has 0 saturated heterocycles. The van der Waals surface area contributed by atoms with Gasteiger partial charge in [-0.1, -0.05) is 24.3 Å². The third-order valence-electron chi connectivity index (χ3n) is 6.92. The van der Waals surface area contributed by atoms with Crippen LogP contribution in [0, 0.1) is 6.92 Å². The van der Waals surface area contributed by atoms with Gasteiger partial charge in [0.25, 0.3) is 5.91 Å². The fourth-order valence-corrected chi connectivity index (χ4v) is 5.36. The third-order valence-corrected chi connectivity index (χ3v) is 7.87. The minimum Gasteiger partial charge on any atom is -0.349 e. The molecule has 1 atom stereocenters. The molecule has 3 aromatic rings. The number of rotatable bonds is 8. The number of likely N-dealkylation sites (N-methyl/N-ethyl adjacent to an activating group) is 2. The zero-order valence-corrected chi connectivity index (χ0v) is 22.6. The largest absolute Gasteiger partial charge is 0.435 e. The number of amides is 2. The van der Waals surface area contributed by atoms with E-state index in [2.05, 4.69) is 22.2 Å². The van der Waals surface area contributed by atoms with E-state index in [-0.39, 0.29) is 30.1 Å². The van der Waals surface area contributed by atoms with Crippen molar-refractivity contribution in [3.8, 4) is 0 Å². The van der Waals surface area contributed by atoms with Gasteiger partial charge in [0, 0.05) is 45.3 Å². The lowest BCUT2D eigenvalue weighted by atomic mass is 9.87. The Bertz CT molecular complexity index is 1300. The molecule has 38 heavy (non-hydrogen) atoms. The Morgan fingerprint density at radius 2 is 1.89 bits per heavy atom. The number of hydrogen-bond donors (Lipinski definition) is 0. The van der Waals surface area contributed by atoms with Crippen molar-refractivity contribution in [2.24, 2.45) is 0 Å². The van der Waals surface area contributed by atoms with Gasteiger partial charge in [-0.15, -0.1) is 11.3 Å². The lowest BCUT2D eigenvalue weighted by Gasteiger charge is -2.33. The van der Waals surface area contributed by atoms with E-state index in [9.17, 15) is 22.8 Å². The first-order valence-electron chi connectivity index (χ1n) is 12.3. The molecule has 4 rings (SSSR count). The minimum atomic E-state index is -4.56. The maximum absolute atomic E-state index is 13.2. The highest BCUT2D eigenvalue weighted by Gasteiger charge is 2.34. The van der Waals surface area contributed by atoms with E-state index >= 15 is 0 Å². The molecule has 0 radical (unpaired) electrons. The Kier molecular flexibility index (Phi) is 8.10. The minimum absolute atomic E-state index is 0.0145. The topological polar surface area (TPSA) is 74.6 Å². The molecule has 204 valence electrons. The Hall–Kier alpha value is -3.41. The fourth-order valence-electron chi connectivity index (χ4n) is 4.57. The number of hydrogen-bond acceptors (Lipinski definition) is 6. The van der Waals surface area contributed by atoms with Crippen molar-refractivity contribution in [2.75, 3.05) is 39.1 Å². The first-order valence-corrected chi connectivity index (χ1v) is 13.2. The van der Waals surface area contributed by atoms with E-state index in [0.29, 0.717) is 23.9 Å². The van der Waals surface area contributed by atoms with Crippen molar-refractivity contribution in [3.63, 3.8) is 0 Å². The molecule has 0 unspecified atom stereocenters. The molecule has 0 fully saturated rings. The molecule has 1 aliphatic rings. The fraction of sp³-hybridized carbons (Fsp3) is 0.462. The van der Waals surface area contributed by atoms with E-state index in [4.69, 9.17) is 0 Å². The van der Waals surface area contributed by atoms with Gasteiger partial charge in [0.05, 0.1) is 6.04 Å². The Morgan fingerprint density at radius 1 is 1.16 bits per heavy atom. The molecule has 2 aromatic heterocycles. The predicted octanol–water partition coefficient (Wildman–Crippen LogP) is 4.41. The number of carbonyl (C=O) groups excluding carboxylic acids is 2. The molecule has 0 spiro atoms. The molecule has 1 aromatic carbocycles. The van der Waals surface area contributed by atoms with E-state index in [1.807, 2.05) is 31.1 Å². The summed E-state index contributed by atoms with van der Waals surface area (Å²) in [7, 11) is 5.23. The smallest absolute Gasteiger partial charge is 0.349 e. The summed E-state index contributed by atoms with van der Waals surface area (Å²) >= 11 is 1.35. The van der Waals surface area contributed by atoms with E-state index < -0.39 is 11.9 Å². The maximum atomic E-state index is 13.2. The summed E-state index contributed by atoms with van der Waals surface area (Å²) in [4.78, 5) is 35.4. The number of aromatic nitrogens is 3. The molecule has 2 heterocycles. The molecule has 2 amide bonds. The maximum Gasteiger partial charge on any atom is 0.435 e. The van der Waals surface area contributed by atoms with Gasteiger partial charge >= 0.3 is 6.18 Å². The second-order valence-electron chi connectivity index (χ2n) is 9.60. The van der Waals surface area contributed by atoms with Crippen LogP contribution in [0.1, 0.15) is 51.9 Å². The number of thiazole rings is 1. The molecule has 0 aliphatic heterocycles. The van der Waals surface area contributed by atoms with Gasteiger partial charge in [0.1, 0.15) is 12.2 Å². The summed E-state index contributed by atoms with van der Waals surface area (Å²) < 4.78 is 39.7. The number of aryl methyl sites for hydroxylation is 2. The van der Waals surface area contributed by atoms with Crippen LogP contribution in [0.4, 0.5) is 18.3 Å². The molecule has 0 bridgehead atoms. The summed E-state index contributed by atoms with van der Waals surface area (Å²) in [5, 5.41) is 5.90. The zero-order chi connectivity index (χ0) is 27.6. The number of carbonyl (C=O) groups is 2. The SMILES string of the molecule is Cc1cc(C(F)(F)F)nn1CC(=O)N(C)CCN(C)c1nc(C(=O)N(C)[C@@H]2CCCc3ccccc32)cs1. The number of benzene rings is 1. The van der Waals surface area contributed by atoms with Crippen LogP contribution in [-0.4, -0.2) is 70.6 Å². The number of alkyl halides is 3. The van der Waals surface area contributed by atoms with Gasteiger partial charge in [0.15, 0.2) is 10.8 Å². The van der Waals surface area contributed by atoms with Crippen molar-refractivity contribution in [3.05, 3.63) is 63.9 Å². The Morgan fingerprint density at radius 3 is 2.61 bits per heavy atom. The summed E-state index contributed by atoms with van der Waals surface area (Å²) in [6.45, 7) is 1.95. The second kappa shape index (κ2) is 11.1. The number of fused-ring (bicyclic) bond motifs is 1. The van der Waals surface area contributed by atoms with Crippen LogP contribution in [0.3, 0.4) is 0 Å². The van der Waals surface area contributed by atoms with Crippen molar-refractivity contribution < 1.29 is 22.8 Å². The second-order valence-corrected chi connectivity index (χ2v) is 10.4. The lowest BCUT2D eigenvalue weighted by molar-refractivity contribution is -0.142. The molecule has 12 heteroatoms. The van der Waals surface area contributed by atoms with Crippen LogP contribution in [0.2, 0.25) is 0 Å². The van der Waals surface area contributed by atoms with Gasteiger partial charge in [-0.3, -0.25) is 14.3 Å². The summed E-state index contributed by atoms with van der Waals surface area (Å²) in [6.07, 6.45) is -1.60. The highest BCUT2D eigenvalue weighted by Crippen LogP contribution is 2.34. The van der Waals surface area contributed by atoms with E-state index in [0.717, 1.165) is 30.0 Å². The predicted molar refractivity (Wildman–Crippen MR) is 139 cm³/mol. The van der Waals surface area contributed by atoms with Crippen molar-refractivity contribution in [1.82, 2.24) is 24.6 Å². The van der Waals surface area contributed by atoms with Gasteiger partial charge < -0.3 is 14.7 Å². The van der Waals surface area contributed by atoms with E-state index in [1.54, 1.807) is 17.3 Å².